The highest BCUT2D eigenvalue weighted by Gasteiger charge is 2.30. The number of benzene rings is 2. The molecule has 204 valence electrons. The zero-order chi connectivity index (χ0) is 26.5. The van der Waals surface area contributed by atoms with E-state index in [1.165, 1.54) is 17.5 Å². The number of sulfonamides is 2. The Balaban J connectivity index is 1.44. The van der Waals surface area contributed by atoms with Crippen molar-refractivity contribution in [1.82, 2.24) is 9.03 Å². The molecule has 4 rings (SSSR count). The molecule has 2 heterocycles. The van der Waals surface area contributed by atoms with Crippen LogP contribution in [0, 0.1) is 0 Å². The zero-order valence-corrected chi connectivity index (χ0v) is 23.2. The Morgan fingerprint density at radius 1 is 1.00 bits per heavy atom. The maximum atomic E-state index is 13.2. The number of ether oxygens (including phenoxy) is 2. The fourth-order valence-corrected chi connectivity index (χ4v) is 7.21. The number of nitrogens with one attached hydrogen (secondary N) is 1. The summed E-state index contributed by atoms with van der Waals surface area (Å²) in [6, 6.07) is 11.9. The molecule has 2 saturated heterocycles. The first-order valence-corrected chi connectivity index (χ1v) is 15.8. The van der Waals surface area contributed by atoms with Crippen molar-refractivity contribution >= 4 is 25.7 Å². The van der Waals surface area contributed by atoms with E-state index in [1.54, 1.807) is 24.3 Å². The van der Waals surface area contributed by atoms with Crippen LogP contribution in [0.5, 0.6) is 5.75 Å². The second-order valence-electron chi connectivity index (χ2n) is 9.46. The lowest BCUT2D eigenvalue weighted by Crippen LogP contribution is -2.48. The second-order valence-corrected chi connectivity index (χ2v) is 13.2. The largest absolute Gasteiger partial charge is 0.495 e. The maximum absolute atomic E-state index is 13.2. The standard InChI is InChI=1S/C26H37N3O6S2/c1-3-4-6-21-8-10-23(11-9-21)37(32,33)29-16-14-28(15-17-29)25-19-24(12-13-26(25)34-2)36(30,31)27-20-22-7-5-18-35-22/h8-13,19,22,27H,3-7,14-18,20H2,1-2H3/t22-/m1/s1. The van der Waals surface area contributed by atoms with Crippen LogP contribution in [0.3, 0.4) is 0 Å². The molecule has 1 atom stereocenters. The predicted molar refractivity (Wildman–Crippen MR) is 143 cm³/mol. The molecule has 0 amide bonds. The van der Waals surface area contributed by atoms with Crippen molar-refractivity contribution in [2.45, 2.75) is 54.9 Å². The monoisotopic (exact) mass is 551 g/mol. The molecule has 2 aliphatic heterocycles. The number of anilines is 1. The van der Waals surface area contributed by atoms with Crippen LogP contribution in [0.15, 0.2) is 52.3 Å². The summed E-state index contributed by atoms with van der Waals surface area (Å²) in [7, 11) is -5.81. The van der Waals surface area contributed by atoms with Gasteiger partial charge >= 0.3 is 0 Å². The van der Waals surface area contributed by atoms with Crippen molar-refractivity contribution in [2.75, 3.05) is 51.3 Å². The Hall–Kier alpha value is -2.18. The number of methoxy groups -OCH3 is 1. The van der Waals surface area contributed by atoms with Crippen molar-refractivity contribution in [3.63, 3.8) is 0 Å². The van der Waals surface area contributed by atoms with E-state index < -0.39 is 20.0 Å². The molecule has 0 bridgehead atoms. The summed E-state index contributed by atoms with van der Waals surface area (Å²) in [4.78, 5) is 2.40. The van der Waals surface area contributed by atoms with Crippen LogP contribution in [0.2, 0.25) is 0 Å². The van der Waals surface area contributed by atoms with Crippen LogP contribution in [0.1, 0.15) is 38.2 Å². The van der Waals surface area contributed by atoms with Gasteiger partial charge in [0.1, 0.15) is 5.75 Å². The number of hydrogen-bond acceptors (Lipinski definition) is 7. The van der Waals surface area contributed by atoms with E-state index in [-0.39, 0.29) is 30.6 Å². The molecule has 0 radical (unpaired) electrons. The molecule has 1 N–H and O–H groups in total. The normalized spacial score (nSPS) is 19.3. The van der Waals surface area contributed by atoms with E-state index >= 15 is 0 Å². The highest BCUT2D eigenvalue weighted by Crippen LogP contribution is 2.32. The average Bonchev–Trinajstić information content (AvgIpc) is 3.45. The fourth-order valence-electron chi connectivity index (χ4n) is 4.70. The highest BCUT2D eigenvalue weighted by atomic mass is 32.2. The molecule has 0 unspecified atom stereocenters. The minimum Gasteiger partial charge on any atom is -0.495 e. The lowest BCUT2D eigenvalue weighted by molar-refractivity contribution is 0.114. The van der Waals surface area contributed by atoms with Crippen molar-refractivity contribution in [3.05, 3.63) is 48.0 Å². The van der Waals surface area contributed by atoms with Crippen molar-refractivity contribution in [3.8, 4) is 5.75 Å². The van der Waals surface area contributed by atoms with Gasteiger partial charge in [0.15, 0.2) is 0 Å². The van der Waals surface area contributed by atoms with Gasteiger partial charge in [-0.05, 0) is 61.6 Å². The van der Waals surface area contributed by atoms with Crippen molar-refractivity contribution < 1.29 is 26.3 Å². The number of piperazine rings is 1. The molecule has 11 heteroatoms. The molecule has 2 fully saturated rings. The summed E-state index contributed by atoms with van der Waals surface area (Å²) in [6.07, 6.45) is 4.78. The first-order valence-electron chi connectivity index (χ1n) is 12.9. The molecule has 37 heavy (non-hydrogen) atoms. The average molecular weight is 552 g/mol. The van der Waals surface area contributed by atoms with Crippen LogP contribution in [-0.2, 0) is 31.2 Å². The van der Waals surface area contributed by atoms with Gasteiger partial charge in [-0.1, -0.05) is 25.5 Å². The Morgan fingerprint density at radius 2 is 1.70 bits per heavy atom. The predicted octanol–water partition coefficient (Wildman–Crippen LogP) is 3.01. The van der Waals surface area contributed by atoms with E-state index in [0.717, 1.165) is 37.7 Å². The van der Waals surface area contributed by atoms with Gasteiger partial charge in [0, 0.05) is 39.3 Å². The van der Waals surface area contributed by atoms with Gasteiger partial charge in [-0.3, -0.25) is 0 Å². The molecule has 0 aromatic heterocycles. The van der Waals surface area contributed by atoms with E-state index in [2.05, 4.69) is 11.6 Å². The third-order valence-corrected chi connectivity index (χ3v) is 10.3. The summed E-state index contributed by atoms with van der Waals surface area (Å²) in [5.74, 6) is 0.539. The van der Waals surface area contributed by atoms with Crippen LogP contribution < -0.4 is 14.4 Å². The Labute approximate surface area is 220 Å². The number of aryl methyl sites for hydroxylation is 1. The van der Waals surface area contributed by atoms with E-state index in [1.807, 2.05) is 17.0 Å². The number of rotatable bonds is 11. The van der Waals surface area contributed by atoms with Crippen LogP contribution in [0.4, 0.5) is 5.69 Å². The first kappa shape index (κ1) is 27.8. The van der Waals surface area contributed by atoms with Crippen molar-refractivity contribution in [1.29, 1.82) is 0 Å². The number of nitrogens with zero attached hydrogens (tertiary/aromatic N) is 2. The van der Waals surface area contributed by atoms with E-state index in [9.17, 15) is 16.8 Å². The minimum atomic E-state index is -3.73. The molecule has 0 spiro atoms. The lowest BCUT2D eigenvalue weighted by Gasteiger charge is -2.36. The van der Waals surface area contributed by atoms with Gasteiger partial charge in [-0.25, -0.2) is 21.6 Å². The quantitative estimate of drug-likeness (QED) is 0.458. The van der Waals surface area contributed by atoms with Gasteiger partial charge in [-0.15, -0.1) is 0 Å². The third-order valence-electron chi connectivity index (χ3n) is 6.95. The summed E-state index contributed by atoms with van der Waals surface area (Å²) in [5, 5.41) is 0. The molecule has 2 aromatic carbocycles. The van der Waals surface area contributed by atoms with Gasteiger partial charge in [-0.2, -0.15) is 4.31 Å². The number of hydrogen-bond donors (Lipinski definition) is 1. The van der Waals surface area contributed by atoms with Gasteiger partial charge in [0.25, 0.3) is 0 Å². The molecule has 2 aromatic rings. The third kappa shape index (κ3) is 6.64. The minimum absolute atomic E-state index is 0.102. The summed E-state index contributed by atoms with van der Waals surface area (Å²) < 4.78 is 67.5. The smallest absolute Gasteiger partial charge is 0.243 e. The zero-order valence-electron chi connectivity index (χ0n) is 21.6. The molecule has 2 aliphatic rings. The fraction of sp³-hybridized carbons (Fsp3) is 0.538. The highest BCUT2D eigenvalue weighted by molar-refractivity contribution is 7.89. The van der Waals surface area contributed by atoms with E-state index in [4.69, 9.17) is 9.47 Å². The molecule has 0 aliphatic carbocycles. The molecular weight excluding hydrogens is 514 g/mol. The molecule has 0 saturated carbocycles. The van der Waals surface area contributed by atoms with Crippen LogP contribution >= 0.6 is 0 Å². The summed E-state index contributed by atoms with van der Waals surface area (Å²) in [5.41, 5.74) is 1.76. The summed E-state index contributed by atoms with van der Waals surface area (Å²) in [6.45, 7) is 4.43. The number of unbranched alkanes of at least 4 members (excludes halogenated alkanes) is 1. The van der Waals surface area contributed by atoms with Crippen LogP contribution in [0.25, 0.3) is 0 Å². The first-order chi connectivity index (χ1) is 17.7. The molecule has 9 nitrogen and oxygen atoms in total. The maximum Gasteiger partial charge on any atom is 0.243 e. The Morgan fingerprint density at radius 3 is 2.32 bits per heavy atom. The van der Waals surface area contributed by atoms with Crippen LogP contribution in [-0.4, -0.2) is 73.7 Å². The summed E-state index contributed by atoms with van der Waals surface area (Å²) >= 11 is 0. The topological polar surface area (TPSA) is 105 Å². The van der Waals surface area contributed by atoms with E-state index in [0.29, 0.717) is 36.0 Å². The van der Waals surface area contributed by atoms with Gasteiger partial charge < -0.3 is 14.4 Å². The Kier molecular flexibility index (Phi) is 9.12. The van der Waals surface area contributed by atoms with Gasteiger partial charge in [0.2, 0.25) is 20.0 Å². The van der Waals surface area contributed by atoms with Crippen molar-refractivity contribution in [2.24, 2.45) is 0 Å². The Bertz CT molecular complexity index is 1250. The lowest BCUT2D eigenvalue weighted by atomic mass is 10.1. The van der Waals surface area contributed by atoms with Gasteiger partial charge in [0.05, 0.1) is 28.7 Å². The second kappa shape index (κ2) is 12.1. The molecular formula is C26H37N3O6S2. The SMILES string of the molecule is CCCCc1ccc(S(=O)(=O)N2CCN(c3cc(S(=O)(=O)NC[C@H]4CCCO4)ccc3OC)CC2)cc1.